The van der Waals surface area contributed by atoms with Crippen LogP contribution >= 0.6 is 7.92 Å². The summed E-state index contributed by atoms with van der Waals surface area (Å²) in [5, 5.41) is 4.13. The molecule has 0 nitrogen and oxygen atoms in total. The van der Waals surface area contributed by atoms with E-state index in [1.165, 1.54) is 32.6 Å². The van der Waals surface area contributed by atoms with Crippen LogP contribution in [0.1, 0.15) is 5.56 Å². The van der Waals surface area contributed by atoms with Crippen molar-refractivity contribution < 1.29 is 18.9 Å². The van der Waals surface area contributed by atoms with E-state index in [1.807, 2.05) is 12.1 Å². The van der Waals surface area contributed by atoms with E-state index in [0.717, 1.165) is 0 Å². The Morgan fingerprint density at radius 3 is 1.78 bits per heavy atom. The molecule has 0 atom stereocenters. The fraction of sp³-hybridized carbons (Fsp3) is 0.0400. The zero-order valence-electron chi connectivity index (χ0n) is 15.8. The maximum atomic E-state index is 3.43. The Morgan fingerprint density at radius 2 is 1.22 bits per heavy atom. The molecule has 4 rings (SSSR count). The average molecular weight is 358 g/mol. The van der Waals surface area contributed by atoms with Gasteiger partial charge in [0.05, 0.1) is 0 Å². The van der Waals surface area contributed by atoms with E-state index < -0.39 is 7.92 Å². The number of benzene rings is 4. The molecule has 0 saturated carbocycles. The summed E-state index contributed by atoms with van der Waals surface area (Å²) in [4.78, 5) is 0. The molecule has 0 aromatic heterocycles. The van der Waals surface area contributed by atoms with Gasteiger partial charge in [-0.2, -0.15) is 0 Å². The molecule has 0 amide bonds. The summed E-state index contributed by atoms with van der Waals surface area (Å²) >= 11 is 0. The second kappa shape index (κ2) is 9.21. The van der Waals surface area contributed by atoms with Crippen LogP contribution in [0.15, 0.2) is 103 Å². The molecule has 4 aromatic carbocycles. The molecule has 4 aromatic rings. The molecular formula is C25H20LiP. The molecule has 0 aliphatic rings. The minimum absolute atomic E-state index is 0. The Hall–Kier alpha value is -2.09. The molecule has 27 heavy (non-hydrogen) atoms. The van der Waals surface area contributed by atoms with E-state index >= 15 is 0 Å². The molecule has 0 unspecified atom stereocenters. The van der Waals surface area contributed by atoms with Gasteiger partial charge in [-0.25, -0.2) is 0 Å². The second-order valence-corrected chi connectivity index (χ2v) is 8.44. The summed E-state index contributed by atoms with van der Waals surface area (Å²) < 4.78 is 0. The van der Waals surface area contributed by atoms with E-state index in [-0.39, 0.29) is 18.9 Å². The van der Waals surface area contributed by atoms with Gasteiger partial charge in [-0.1, -0.05) is 90.0 Å². The van der Waals surface area contributed by atoms with Crippen LogP contribution < -0.4 is 34.8 Å². The third kappa shape index (κ3) is 4.26. The predicted octanol–water partition coefficient (Wildman–Crippen LogP) is 2.22. The standard InChI is InChI=1S/C25H20P.Li/c1-20-12-11-19-24(25(20)21-13-5-2-6-14-21)26(22-15-7-3-8-16-22)23-17-9-4-10-18-23;/h2-13,15-19H,1H3;/q-1;+1. The Morgan fingerprint density at radius 1 is 0.630 bits per heavy atom. The first-order chi connectivity index (χ1) is 12.8. The minimum atomic E-state index is -0.627. The van der Waals surface area contributed by atoms with Gasteiger partial charge in [0.25, 0.3) is 0 Å². The molecular weight excluding hydrogens is 338 g/mol. The van der Waals surface area contributed by atoms with Crippen LogP contribution in [0.2, 0.25) is 0 Å². The van der Waals surface area contributed by atoms with Gasteiger partial charge in [0.15, 0.2) is 0 Å². The maximum absolute atomic E-state index is 3.43. The van der Waals surface area contributed by atoms with Gasteiger partial charge in [-0.05, 0) is 30.8 Å². The molecule has 0 radical (unpaired) electrons. The maximum Gasteiger partial charge on any atom is 1.00 e. The Labute approximate surface area is 175 Å². The van der Waals surface area contributed by atoms with Crippen LogP contribution in [-0.4, -0.2) is 0 Å². The van der Waals surface area contributed by atoms with Gasteiger partial charge in [-0.3, -0.25) is 0 Å². The molecule has 126 valence electrons. The largest absolute Gasteiger partial charge is 1.00 e. The van der Waals surface area contributed by atoms with Gasteiger partial charge in [0.2, 0.25) is 0 Å². The molecule has 2 heteroatoms. The molecule has 0 heterocycles. The van der Waals surface area contributed by atoms with Crippen molar-refractivity contribution in [1.82, 2.24) is 0 Å². The summed E-state index contributed by atoms with van der Waals surface area (Å²) in [6.45, 7) is 2.20. The van der Waals surface area contributed by atoms with Crippen molar-refractivity contribution in [2.45, 2.75) is 6.92 Å². The van der Waals surface area contributed by atoms with E-state index in [0.29, 0.717) is 0 Å². The monoisotopic (exact) mass is 358 g/mol. The summed E-state index contributed by atoms with van der Waals surface area (Å²) in [5.74, 6) is 0. The number of rotatable bonds is 4. The van der Waals surface area contributed by atoms with Crippen molar-refractivity contribution in [2.24, 2.45) is 0 Å². The molecule has 0 aliphatic carbocycles. The number of hydrogen-bond donors (Lipinski definition) is 0. The molecule has 0 spiro atoms. The Bertz CT molecular complexity index is 943. The Balaban J connectivity index is 0.00000210. The van der Waals surface area contributed by atoms with Crippen molar-refractivity contribution in [3.63, 3.8) is 0 Å². The zero-order valence-corrected chi connectivity index (χ0v) is 16.7. The molecule has 0 fully saturated rings. The molecule has 0 aliphatic heterocycles. The van der Waals surface area contributed by atoms with E-state index in [2.05, 4.69) is 104 Å². The summed E-state index contributed by atoms with van der Waals surface area (Å²) in [7, 11) is -0.627. The smallest absolute Gasteiger partial charge is 0.147 e. The summed E-state index contributed by atoms with van der Waals surface area (Å²) in [5.41, 5.74) is 3.77. The number of aryl methyl sites for hydroxylation is 1. The van der Waals surface area contributed by atoms with Crippen molar-refractivity contribution in [3.8, 4) is 11.1 Å². The Kier molecular flexibility index (Phi) is 6.71. The normalized spacial score (nSPS) is 10.4. The first-order valence-corrected chi connectivity index (χ1v) is 10.2. The first kappa shape index (κ1) is 19.7. The number of hydrogen-bond acceptors (Lipinski definition) is 0. The fourth-order valence-electron chi connectivity index (χ4n) is 3.32. The average Bonchev–Trinajstić information content (AvgIpc) is 2.71. The predicted molar refractivity (Wildman–Crippen MR) is 114 cm³/mol. The van der Waals surface area contributed by atoms with Crippen LogP contribution in [0.4, 0.5) is 0 Å². The summed E-state index contributed by atoms with van der Waals surface area (Å²) in [6, 6.07) is 40.1. The first-order valence-electron chi connectivity index (χ1n) is 8.81. The fourth-order valence-corrected chi connectivity index (χ4v) is 5.87. The van der Waals surface area contributed by atoms with Crippen LogP contribution in [-0.2, 0) is 0 Å². The SMILES string of the molecule is Cc1cccc(P(c2ccccc2)c2ccccc2)c1-c1[c-]cccc1.[Li+]. The third-order valence-electron chi connectivity index (χ3n) is 4.50. The van der Waals surface area contributed by atoms with Gasteiger partial charge >= 0.3 is 18.9 Å². The molecule has 0 N–H and O–H groups in total. The van der Waals surface area contributed by atoms with Crippen molar-refractivity contribution in [2.75, 3.05) is 0 Å². The quantitative estimate of drug-likeness (QED) is 0.298. The van der Waals surface area contributed by atoms with Crippen molar-refractivity contribution >= 4 is 23.8 Å². The van der Waals surface area contributed by atoms with E-state index in [1.54, 1.807) is 0 Å². The minimum Gasteiger partial charge on any atom is -0.147 e. The van der Waals surface area contributed by atoms with Crippen LogP contribution in [0.5, 0.6) is 0 Å². The van der Waals surface area contributed by atoms with Gasteiger partial charge in [0, 0.05) is 0 Å². The second-order valence-electron chi connectivity index (χ2n) is 6.25. The zero-order chi connectivity index (χ0) is 17.8. The van der Waals surface area contributed by atoms with Crippen LogP contribution in [0.3, 0.4) is 0 Å². The summed E-state index contributed by atoms with van der Waals surface area (Å²) in [6.07, 6.45) is 0. The van der Waals surface area contributed by atoms with Gasteiger partial charge in [-0.15, -0.1) is 35.9 Å². The van der Waals surface area contributed by atoms with Crippen molar-refractivity contribution in [3.05, 3.63) is 115 Å². The molecule has 0 bridgehead atoms. The van der Waals surface area contributed by atoms with Crippen molar-refractivity contribution in [1.29, 1.82) is 0 Å². The van der Waals surface area contributed by atoms with E-state index in [4.69, 9.17) is 0 Å². The van der Waals surface area contributed by atoms with E-state index in [9.17, 15) is 0 Å². The van der Waals surface area contributed by atoms with Crippen LogP contribution in [0, 0.1) is 13.0 Å². The van der Waals surface area contributed by atoms with Crippen LogP contribution in [0.25, 0.3) is 11.1 Å². The topological polar surface area (TPSA) is 0 Å². The van der Waals surface area contributed by atoms with Gasteiger partial charge in [0.1, 0.15) is 0 Å². The molecule has 0 saturated heterocycles. The van der Waals surface area contributed by atoms with Gasteiger partial charge < -0.3 is 0 Å². The third-order valence-corrected chi connectivity index (χ3v) is 6.98.